The summed E-state index contributed by atoms with van der Waals surface area (Å²) in [6.45, 7) is 2.26. The number of amidine groups is 1. The lowest BCUT2D eigenvalue weighted by Gasteiger charge is -2.20. The van der Waals surface area contributed by atoms with Crippen molar-refractivity contribution in [2.75, 3.05) is 0 Å². The fourth-order valence-electron chi connectivity index (χ4n) is 9.78. The van der Waals surface area contributed by atoms with E-state index in [1.54, 1.807) is 0 Å². The molecule has 1 atom stereocenters. The number of fused-ring (bicyclic) bond motifs is 11. The zero-order valence-electron chi connectivity index (χ0n) is 33.8. The minimum Gasteiger partial charge on any atom is -0.456 e. The van der Waals surface area contributed by atoms with E-state index in [-0.39, 0.29) is 5.92 Å². The number of aromatic nitrogens is 1. The first-order valence-corrected chi connectivity index (χ1v) is 21.3. The van der Waals surface area contributed by atoms with Crippen molar-refractivity contribution in [3.63, 3.8) is 0 Å². The van der Waals surface area contributed by atoms with Gasteiger partial charge in [0, 0.05) is 54.9 Å². The van der Waals surface area contributed by atoms with Gasteiger partial charge < -0.3 is 13.4 Å². The monoisotopic (exact) mass is 795 g/mol. The number of aliphatic imine (C=N–C) groups is 2. The zero-order chi connectivity index (χ0) is 40.9. The lowest BCUT2D eigenvalue weighted by Crippen LogP contribution is -2.17. The van der Waals surface area contributed by atoms with Crippen molar-refractivity contribution in [2.24, 2.45) is 15.9 Å². The zero-order valence-corrected chi connectivity index (χ0v) is 33.8. The van der Waals surface area contributed by atoms with Crippen LogP contribution in [0.1, 0.15) is 30.0 Å². The molecule has 13 rings (SSSR count). The summed E-state index contributed by atoms with van der Waals surface area (Å²) in [6, 6.07) is 64.5. The SMILES string of the molecule is CC1C/C=C(c2cc3oc4ccccc4c3cc2-n2c3ccccc3c3cc4ccccc4cc32)/N=C(c2ccc3ccccc3c2)\N=C/1c1cccc2c1oc1ccccc12. The molecule has 0 saturated carbocycles. The molecule has 1 unspecified atom stereocenters. The first-order valence-electron chi connectivity index (χ1n) is 21.3. The third-order valence-electron chi connectivity index (χ3n) is 12.8. The number of furan rings is 2. The second-order valence-corrected chi connectivity index (χ2v) is 16.5. The van der Waals surface area contributed by atoms with E-state index in [0.29, 0.717) is 12.3 Å². The predicted molar refractivity (Wildman–Crippen MR) is 258 cm³/mol. The van der Waals surface area contributed by atoms with Gasteiger partial charge in [0.2, 0.25) is 0 Å². The molecule has 4 heterocycles. The van der Waals surface area contributed by atoms with Crippen LogP contribution in [0.2, 0.25) is 0 Å². The van der Waals surface area contributed by atoms with E-state index in [1.807, 2.05) is 24.3 Å². The third kappa shape index (κ3) is 5.35. The second kappa shape index (κ2) is 13.5. The lowest BCUT2D eigenvalue weighted by atomic mass is 9.92. The molecule has 0 aliphatic carbocycles. The largest absolute Gasteiger partial charge is 0.456 e. The van der Waals surface area contributed by atoms with Gasteiger partial charge in [0.15, 0.2) is 5.84 Å². The van der Waals surface area contributed by atoms with Crippen LogP contribution in [-0.4, -0.2) is 16.1 Å². The molecule has 1 aliphatic heterocycles. The molecule has 0 saturated heterocycles. The summed E-state index contributed by atoms with van der Waals surface area (Å²) < 4.78 is 15.7. The van der Waals surface area contributed by atoms with Crippen LogP contribution in [-0.2, 0) is 0 Å². The molecule has 5 heteroatoms. The predicted octanol–water partition coefficient (Wildman–Crippen LogP) is 15.2. The number of allylic oxidation sites excluding steroid dienone is 1. The molecule has 0 fully saturated rings. The summed E-state index contributed by atoms with van der Waals surface area (Å²) in [6.07, 6.45) is 3.00. The van der Waals surface area contributed by atoms with Crippen molar-refractivity contribution in [1.82, 2.24) is 4.57 Å². The minimum atomic E-state index is 0.0211. The average Bonchev–Trinajstić information content (AvgIpc) is 3.98. The number of hydrogen-bond donors (Lipinski definition) is 0. The van der Waals surface area contributed by atoms with E-state index in [2.05, 4.69) is 175 Å². The van der Waals surface area contributed by atoms with Crippen LogP contribution in [0.5, 0.6) is 0 Å². The van der Waals surface area contributed by atoms with Crippen LogP contribution in [0.3, 0.4) is 0 Å². The van der Waals surface area contributed by atoms with Crippen molar-refractivity contribution in [1.29, 1.82) is 0 Å². The fourth-order valence-corrected chi connectivity index (χ4v) is 9.78. The number of hydrogen-bond acceptors (Lipinski definition) is 4. The normalized spacial score (nSPS) is 17.4. The summed E-state index contributed by atoms with van der Waals surface area (Å²) in [4.78, 5) is 11.3. The van der Waals surface area contributed by atoms with Crippen molar-refractivity contribution >= 4 is 104 Å². The highest BCUT2D eigenvalue weighted by Crippen LogP contribution is 2.42. The Morgan fingerprint density at radius 3 is 1.95 bits per heavy atom. The van der Waals surface area contributed by atoms with Gasteiger partial charge >= 0.3 is 0 Å². The van der Waals surface area contributed by atoms with Gasteiger partial charge in [0.05, 0.1) is 28.1 Å². The highest BCUT2D eigenvalue weighted by molar-refractivity contribution is 6.21. The molecule has 0 spiro atoms. The quantitative estimate of drug-likeness (QED) is 0.178. The van der Waals surface area contributed by atoms with E-state index < -0.39 is 0 Å². The van der Waals surface area contributed by atoms with Gasteiger partial charge in [-0.2, -0.15) is 0 Å². The first-order chi connectivity index (χ1) is 30.6. The molecule has 0 bridgehead atoms. The topological polar surface area (TPSA) is 55.9 Å². The van der Waals surface area contributed by atoms with E-state index in [9.17, 15) is 0 Å². The van der Waals surface area contributed by atoms with Gasteiger partial charge in [-0.1, -0.05) is 140 Å². The Kier molecular flexibility index (Phi) is 7.58. The Bertz CT molecular complexity index is 3930. The standard InChI is InChI=1S/C57H37N3O2/c1-34-25-28-48(58-57(39-27-26-35-13-2-3-14-36(35)29-39)59-55(34)44-21-12-20-43-41-18-7-11-24-53(41)62-56(43)44)47-33-54-46(42-19-8-10-23-52(42)61-54)32-51(47)60-49-22-9-6-17-40(49)45-30-37-15-4-5-16-38(37)31-50(45)60/h2-24,26-34H,25H2,1H3/b48-28+,58-57-,59-55+. The molecule has 3 aromatic heterocycles. The van der Waals surface area contributed by atoms with E-state index in [0.717, 1.165) is 94.1 Å². The Morgan fingerprint density at radius 2 is 1.13 bits per heavy atom. The highest BCUT2D eigenvalue weighted by atomic mass is 16.3. The van der Waals surface area contributed by atoms with Crippen molar-refractivity contribution in [2.45, 2.75) is 13.3 Å². The number of para-hydroxylation sites is 4. The third-order valence-corrected chi connectivity index (χ3v) is 12.8. The van der Waals surface area contributed by atoms with Gasteiger partial charge in [-0.25, -0.2) is 9.98 Å². The molecule has 12 aromatic rings. The number of nitrogens with zero attached hydrogens (tertiary/aromatic N) is 3. The second-order valence-electron chi connectivity index (χ2n) is 16.5. The molecular formula is C57H37N3O2. The summed E-state index contributed by atoms with van der Waals surface area (Å²) in [5.41, 5.74) is 11.4. The molecule has 1 aliphatic rings. The summed E-state index contributed by atoms with van der Waals surface area (Å²) in [7, 11) is 0. The first kappa shape index (κ1) is 34.8. The average molecular weight is 796 g/mol. The van der Waals surface area contributed by atoms with E-state index in [4.69, 9.17) is 18.8 Å². The van der Waals surface area contributed by atoms with Gasteiger partial charge in [0.25, 0.3) is 0 Å². The number of rotatable bonds is 4. The number of benzene rings is 9. The van der Waals surface area contributed by atoms with Crippen LogP contribution < -0.4 is 0 Å². The van der Waals surface area contributed by atoms with Crippen LogP contribution in [0, 0.1) is 5.92 Å². The van der Waals surface area contributed by atoms with Gasteiger partial charge in [-0.15, -0.1) is 0 Å². The van der Waals surface area contributed by atoms with Crippen LogP contribution in [0.4, 0.5) is 0 Å². The van der Waals surface area contributed by atoms with Gasteiger partial charge in [0.1, 0.15) is 22.3 Å². The minimum absolute atomic E-state index is 0.0211. The Hall–Kier alpha value is -8.02. The van der Waals surface area contributed by atoms with E-state index >= 15 is 0 Å². The molecule has 0 radical (unpaired) electrons. The maximum Gasteiger partial charge on any atom is 0.160 e. The molecule has 0 N–H and O–H groups in total. The Balaban J connectivity index is 1.11. The summed E-state index contributed by atoms with van der Waals surface area (Å²) in [5, 5.41) is 11.4. The Labute approximate surface area is 356 Å². The smallest absolute Gasteiger partial charge is 0.160 e. The maximum absolute atomic E-state index is 6.64. The van der Waals surface area contributed by atoms with Crippen molar-refractivity contribution in [3.8, 4) is 5.69 Å². The molecule has 9 aromatic carbocycles. The van der Waals surface area contributed by atoms with Crippen molar-refractivity contribution in [3.05, 3.63) is 205 Å². The van der Waals surface area contributed by atoms with Gasteiger partial charge in [-0.05, 0) is 82.6 Å². The van der Waals surface area contributed by atoms with Crippen LogP contribution in [0.15, 0.2) is 207 Å². The fraction of sp³-hybridized carbons (Fsp3) is 0.0526. The van der Waals surface area contributed by atoms with Gasteiger partial charge in [-0.3, -0.25) is 0 Å². The summed E-state index contributed by atoms with van der Waals surface area (Å²) >= 11 is 0. The molecule has 0 amide bonds. The maximum atomic E-state index is 6.64. The summed E-state index contributed by atoms with van der Waals surface area (Å²) in [5.74, 6) is 0.660. The molecule has 5 nitrogen and oxygen atoms in total. The highest BCUT2D eigenvalue weighted by Gasteiger charge is 2.25. The molecule has 292 valence electrons. The van der Waals surface area contributed by atoms with Crippen LogP contribution >= 0.6 is 0 Å². The molecule has 62 heavy (non-hydrogen) atoms. The lowest BCUT2D eigenvalue weighted by molar-refractivity contribution is 0.666. The van der Waals surface area contributed by atoms with E-state index in [1.165, 1.54) is 26.9 Å². The molecular weight excluding hydrogens is 759 g/mol. The van der Waals surface area contributed by atoms with Crippen LogP contribution in [0.25, 0.3) is 98.6 Å². The van der Waals surface area contributed by atoms with Crippen molar-refractivity contribution < 1.29 is 8.83 Å². The Morgan fingerprint density at radius 1 is 0.468 bits per heavy atom.